The quantitative estimate of drug-likeness (QED) is 0.166. The van der Waals surface area contributed by atoms with Crippen LogP contribution in [0.5, 0.6) is 0 Å². The summed E-state index contributed by atoms with van der Waals surface area (Å²) in [4.78, 5) is 0. The molecular formula is C26H50O5. The number of rotatable bonds is 21. The SMILES string of the molecule is CCC/C=C/CCCCCCCCCCCCCCCO[C@@H]1[C@H]([C@@H](O)CO)OC[C@H]1O. The molecule has 0 aromatic carbocycles. The molecule has 5 nitrogen and oxygen atoms in total. The molecule has 0 aliphatic carbocycles. The topological polar surface area (TPSA) is 79.2 Å². The summed E-state index contributed by atoms with van der Waals surface area (Å²) in [5.74, 6) is 0. The van der Waals surface area contributed by atoms with Gasteiger partial charge in [0, 0.05) is 6.61 Å². The van der Waals surface area contributed by atoms with Gasteiger partial charge in [-0.3, -0.25) is 0 Å². The van der Waals surface area contributed by atoms with E-state index < -0.39 is 24.4 Å². The van der Waals surface area contributed by atoms with Crippen LogP contribution in [-0.2, 0) is 9.47 Å². The van der Waals surface area contributed by atoms with Gasteiger partial charge in [-0.15, -0.1) is 0 Å². The summed E-state index contributed by atoms with van der Waals surface area (Å²) in [6.07, 6.45) is 22.5. The van der Waals surface area contributed by atoms with Gasteiger partial charge in [0.2, 0.25) is 0 Å². The predicted octanol–water partition coefficient (Wildman–Crippen LogP) is 5.30. The van der Waals surface area contributed by atoms with Crippen LogP contribution >= 0.6 is 0 Å². The zero-order valence-corrected chi connectivity index (χ0v) is 20.1. The molecule has 1 rings (SSSR count). The van der Waals surface area contributed by atoms with Crippen molar-refractivity contribution < 1.29 is 24.8 Å². The highest BCUT2D eigenvalue weighted by molar-refractivity contribution is 4.89. The average molecular weight is 443 g/mol. The number of ether oxygens (including phenoxy) is 2. The Hall–Kier alpha value is -0.460. The summed E-state index contributed by atoms with van der Waals surface area (Å²) in [7, 11) is 0. The first-order valence-electron chi connectivity index (χ1n) is 13.1. The summed E-state index contributed by atoms with van der Waals surface area (Å²) in [5.41, 5.74) is 0. The van der Waals surface area contributed by atoms with Gasteiger partial charge in [0.1, 0.15) is 24.4 Å². The van der Waals surface area contributed by atoms with Gasteiger partial charge in [-0.25, -0.2) is 0 Å². The first-order chi connectivity index (χ1) is 15.2. The molecule has 1 saturated heterocycles. The molecule has 1 fully saturated rings. The van der Waals surface area contributed by atoms with Crippen molar-refractivity contribution >= 4 is 0 Å². The summed E-state index contributed by atoms with van der Waals surface area (Å²) < 4.78 is 11.1. The van der Waals surface area contributed by atoms with Gasteiger partial charge in [-0.05, 0) is 25.7 Å². The average Bonchev–Trinajstić information content (AvgIpc) is 3.15. The van der Waals surface area contributed by atoms with Crippen LogP contribution in [0.15, 0.2) is 12.2 Å². The van der Waals surface area contributed by atoms with E-state index in [4.69, 9.17) is 14.6 Å². The molecule has 5 heteroatoms. The Balaban J connectivity index is 1.81. The predicted molar refractivity (Wildman–Crippen MR) is 127 cm³/mol. The van der Waals surface area contributed by atoms with Crippen molar-refractivity contribution in [3.63, 3.8) is 0 Å². The summed E-state index contributed by atoms with van der Waals surface area (Å²) in [6, 6.07) is 0. The Kier molecular flexibility index (Phi) is 18.6. The largest absolute Gasteiger partial charge is 0.394 e. The first-order valence-corrected chi connectivity index (χ1v) is 13.1. The van der Waals surface area contributed by atoms with Crippen molar-refractivity contribution in [3.05, 3.63) is 12.2 Å². The summed E-state index contributed by atoms with van der Waals surface area (Å²) in [6.45, 7) is 2.57. The van der Waals surface area contributed by atoms with Crippen molar-refractivity contribution in [1.82, 2.24) is 0 Å². The Morgan fingerprint density at radius 3 is 1.90 bits per heavy atom. The zero-order valence-electron chi connectivity index (χ0n) is 20.1. The fourth-order valence-corrected chi connectivity index (χ4v) is 4.19. The van der Waals surface area contributed by atoms with E-state index in [1.807, 2.05) is 0 Å². The maximum Gasteiger partial charge on any atom is 0.114 e. The molecule has 3 N–H and O–H groups in total. The van der Waals surface area contributed by atoms with E-state index in [1.54, 1.807) is 0 Å². The number of hydrogen-bond donors (Lipinski definition) is 3. The molecule has 1 aliphatic rings. The molecule has 0 amide bonds. The van der Waals surface area contributed by atoms with E-state index in [1.165, 1.54) is 89.9 Å². The lowest BCUT2D eigenvalue weighted by Gasteiger charge is -2.23. The molecule has 1 aliphatic heterocycles. The molecular weight excluding hydrogens is 392 g/mol. The molecule has 1 heterocycles. The van der Waals surface area contributed by atoms with Gasteiger partial charge in [0.15, 0.2) is 0 Å². The van der Waals surface area contributed by atoms with Gasteiger partial charge in [-0.1, -0.05) is 96.1 Å². The van der Waals surface area contributed by atoms with E-state index in [9.17, 15) is 10.2 Å². The standard InChI is InChI=1S/C26H50O5/c1-2-3-4-5-6-7-8-9-10-11-12-13-14-15-16-17-18-19-20-30-26-24(29)22-31-25(26)23(28)21-27/h4-5,23-29H,2-3,6-22H2,1H3/b5-4+/t23-,24+,25-,26-/m0/s1. The van der Waals surface area contributed by atoms with E-state index in [0.717, 1.165) is 12.8 Å². The third-order valence-electron chi connectivity index (χ3n) is 6.18. The second-order valence-electron chi connectivity index (χ2n) is 9.10. The van der Waals surface area contributed by atoms with Crippen LogP contribution in [0.2, 0.25) is 0 Å². The van der Waals surface area contributed by atoms with E-state index in [2.05, 4.69) is 19.1 Å². The third kappa shape index (κ3) is 14.3. The highest BCUT2D eigenvalue weighted by atomic mass is 16.6. The van der Waals surface area contributed by atoms with Crippen LogP contribution in [0, 0.1) is 0 Å². The Bertz CT molecular complexity index is 415. The fraction of sp³-hybridized carbons (Fsp3) is 0.923. The molecule has 31 heavy (non-hydrogen) atoms. The molecule has 4 atom stereocenters. The van der Waals surface area contributed by atoms with E-state index in [-0.39, 0.29) is 13.2 Å². The van der Waals surface area contributed by atoms with Crippen LogP contribution in [0.1, 0.15) is 110 Å². The second kappa shape index (κ2) is 20.2. The van der Waals surface area contributed by atoms with Crippen LogP contribution < -0.4 is 0 Å². The van der Waals surface area contributed by atoms with Crippen molar-refractivity contribution in [2.45, 2.75) is 134 Å². The monoisotopic (exact) mass is 442 g/mol. The van der Waals surface area contributed by atoms with Crippen LogP contribution in [0.4, 0.5) is 0 Å². The number of aliphatic hydroxyl groups excluding tert-OH is 3. The molecule has 0 aromatic heterocycles. The second-order valence-corrected chi connectivity index (χ2v) is 9.10. The number of allylic oxidation sites excluding steroid dienone is 2. The number of hydrogen-bond acceptors (Lipinski definition) is 5. The van der Waals surface area contributed by atoms with Crippen molar-refractivity contribution in [2.24, 2.45) is 0 Å². The Morgan fingerprint density at radius 1 is 0.839 bits per heavy atom. The maximum absolute atomic E-state index is 9.91. The highest BCUT2D eigenvalue weighted by Crippen LogP contribution is 2.21. The normalized spacial score (nSPS) is 22.5. The highest BCUT2D eigenvalue weighted by Gasteiger charge is 2.40. The van der Waals surface area contributed by atoms with Crippen LogP contribution in [0.3, 0.4) is 0 Å². The lowest BCUT2D eigenvalue weighted by Crippen LogP contribution is -2.42. The first kappa shape index (κ1) is 28.6. The van der Waals surface area contributed by atoms with E-state index >= 15 is 0 Å². The van der Waals surface area contributed by atoms with Crippen LogP contribution in [0.25, 0.3) is 0 Å². The molecule has 0 spiro atoms. The minimum atomic E-state index is -1.00. The lowest BCUT2D eigenvalue weighted by molar-refractivity contribution is -0.0938. The number of unbranched alkanes of at least 4 members (excludes halogenated alkanes) is 14. The third-order valence-corrected chi connectivity index (χ3v) is 6.18. The minimum absolute atomic E-state index is 0.156. The van der Waals surface area contributed by atoms with E-state index in [0.29, 0.717) is 6.61 Å². The molecule has 0 unspecified atom stereocenters. The molecule has 0 radical (unpaired) electrons. The fourth-order valence-electron chi connectivity index (χ4n) is 4.19. The minimum Gasteiger partial charge on any atom is -0.394 e. The molecule has 0 saturated carbocycles. The summed E-state index contributed by atoms with van der Waals surface area (Å²) in [5, 5.41) is 28.7. The van der Waals surface area contributed by atoms with Gasteiger partial charge in [0.25, 0.3) is 0 Å². The van der Waals surface area contributed by atoms with Gasteiger partial charge < -0.3 is 24.8 Å². The van der Waals surface area contributed by atoms with Crippen molar-refractivity contribution in [1.29, 1.82) is 0 Å². The van der Waals surface area contributed by atoms with Gasteiger partial charge in [0.05, 0.1) is 13.2 Å². The molecule has 0 bridgehead atoms. The maximum atomic E-state index is 9.91. The Morgan fingerprint density at radius 2 is 1.35 bits per heavy atom. The lowest BCUT2D eigenvalue weighted by atomic mass is 10.0. The molecule has 184 valence electrons. The van der Waals surface area contributed by atoms with Crippen molar-refractivity contribution in [3.8, 4) is 0 Å². The smallest absolute Gasteiger partial charge is 0.114 e. The van der Waals surface area contributed by atoms with Gasteiger partial charge >= 0.3 is 0 Å². The van der Waals surface area contributed by atoms with Crippen LogP contribution in [-0.4, -0.2) is 59.6 Å². The molecule has 0 aromatic rings. The zero-order chi connectivity index (χ0) is 22.6. The Labute approximate surface area is 191 Å². The summed E-state index contributed by atoms with van der Waals surface area (Å²) >= 11 is 0. The van der Waals surface area contributed by atoms with Crippen molar-refractivity contribution in [2.75, 3.05) is 19.8 Å². The number of aliphatic hydroxyl groups is 3. The van der Waals surface area contributed by atoms with Gasteiger partial charge in [-0.2, -0.15) is 0 Å².